The highest BCUT2D eigenvalue weighted by molar-refractivity contribution is 5.24. The zero-order valence-corrected chi connectivity index (χ0v) is 9.43. The van der Waals surface area contributed by atoms with Gasteiger partial charge in [-0.15, -0.1) is 0 Å². The Morgan fingerprint density at radius 3 is 2.67 bits per heavy atom. The summed E-state index contributed by atoms with van der Waals surface area (Å²) < 4.78 is 1.42. The molecule has 0 amide bonds. The molecule has 1 unspecified atom stereocenters. The highest BCUT2D eigenvalue weighted by Gasteiger charge is 2.16. The molecule has 1 heterocycles. The van der Waals surface area contributed by atoms with E-state index in [1.807, 2.05) is 30.3 Å². The zero-order chi connectivity index (χ0) is 13.0. The van der Waals surface area contributed by atoms with Crippen molar-refractivity contribution < 1.29 is 4.92 Å². The van der Waals surface area contributed by atoms with Crippen LogP contribution in [0.2, 0.25) is 0 Å². The molecule has 90 valence electrons. The van der Waals surface area contributed by atoms with E-state index in [1.54, 1.807) is 0 Å². The summed E-state index contributed by atoms with van der Waals surface area (Å²) in [7, 11) is 0. The maximum absolute atomic E-state index is 10.5. The second-order valence-corrected chi connectivity index (χ2v) is 3.75. The SMILES string of the molecule is N#CC(Cn1ccc([N+](=O)[O-])n1)c1ccccc1. The van der Waals surface area contributed by atoms with Crippen LogP contribution in [0.4, 0.5) is 5.82 Å². The fourth-order valence-corrected chi connectivity index (χ4v) is 1.64. The molecule has 1 aromatic carbocycles. The Bertz CT molecular complexity index is 586. The second-order valence-electron chi connectivity index (χ2n) is 3.75. The molecule has 0 aliphatic heterocycles. The normalized spacial score (nSPS) is 11.7. The number of aromatic nitrogens is 2. The van der Waals surface area contributed by atoms with Gasteiger partial charge in [0.25, 0.3) is 0 Å². The van der Waals surface area contributed by atoms with E-state index in [4.69, 9.17) is 5.26 Å². The summed E-state index contributed by atoms with van der Waals surface area (Å²) in [5, 5.41) is 23.4. The first-order chi connectivity index (χ1) is 8.70. The average molecular weight is 242 g/mol. The Labute approximate surface area is 103 Å². The van der Waals surface area contributed by atoms with Crippen LogP contribution in [0.25, 0.3) is 0 Å². The van der Waals surface area contributed by atoms with Gasteiger partial charge in [-0.1, -0.05) is 30.3 Å². The van der Waals surface area contributed by atoms with Crippen LogP contribution >= 0.6 is 0 Å². The first kappa shape index (κ1) is 11.8. The molecule has 0 radical (unpaired) electrons. The number of hydrogen-bond acceptors (Lipinski definition) is 4. The second kappa shape index (κ2) is 5.10. The van der Waals surface area contributed by atoms with Crippen molar-refractivity contribution in [3.8, 4) is 6.07 Å². The summed E-state index contributed by atoms with van der Waals surface area (Å²) in [6, 6.07) is 12.8. The number of nitro groups is 1. The molecule has 0 bridgehead atoms. The van der Waals surface area contributed by atoms with Gasteiger partial charge in [-0.05, 0) is 10.5 Å². The average Bonchev–Trinajstić information content (AvgIpc) is 2.86. The molecule has 0 N–H and O–H groups in total. The lowest BCUT2D eigenvalue weighted by atomic mass is 10.0. The Hall–Kier alpha value is -2.68. The van der Waals surface area contributed by atoms with Gasteiger partial charge in [0.05, 0.1) is 35.9 Å². The van der Waals surface area contributed by atoms with E-state index >= 15 is 0 Å². The van der Waals surface area contributed by atoms with Crippen LogP contribution in [0.1, 0.15) is 11.5 Å². The van der Waals surface area contributed by atoms with Gasteiger partial charge in [-0.25, -0.2) is 0 Å². The molecule has 0 saturated carbocycles. The number of benzene rings is 1. The summed E-state index contributed by atoms with van der Waals surface area (Å²) in [5.41, 5.74) is 0.873. The molecule has 1 aromatic heterocycles. The van der Waals surface area contributed by atoms with Crippen molar-refractivity contribution in [2.45, 2.75) is 12.5 Å². The van der Waals surface area contributed by atoms with Crippen LogP contribution in [-0.4, -0.2) is 14.7 Å². The monoisotopic (exact) mass is 242 g/mol. The van der Waals surface area contributed by atoms with Crippen LogP contribution in [0, 0.1) is 21.4 Å². The predicted molar refractivity (Wildman–Crippen MR) is 63.7 cm³/mol. The third-order valence-electron chi connectivity index (χ3n) is 2.54. The first-order valence-corrected chi connectivity index (χ1v) is 5.33. The minimum atomic E-state index is -0.555. The van der Waals surface area contributed by atoms with E-state index in [-0.39, 0.29) is 11.7 Å². The fourth-order valence-electron chi connectivity index (χ4n) is 1.64. The molecule has 0 aliphatic carbocycles. The van der Waals surface area contributed by atoms with E-state index < -0.39 is 4.92 Å². The van der Waals surface area contributed by atoms with Crippen LogP contribution < -0.4 is 0 Å². The van der Waals surface area contributed by atoms with Crippen molar-refractivity contribution in [1.29, 1.82) is 5.26 Å². The minimum absolute atomic E-state index is 0.209. The Balaban J connectivity index is 2.16. The van der Waals surface area contributed by atoms with Crippen molar-refractivity contribution in [2.75, 3.05) is 0 Å². The lowest BCUT2D eigenvalue weighted by Crippen LogP contribution is -2.08. The third kappa shape index (κ3) is 2.52. The molecule has 0 spiro atoms. The van der Waals surface area contributed by atoms with Gasteiger partial charge >= 0.3 is 5.82 Å². The topological polar surface area (TPSA) is 84.8 Å². The van der Waals surface area contributed by atoms with E-state index in [0.717, 1.165) is 5.56 Å². The zero-order valence-electron chi connectivity index (χ0n) is 9.43. The van der Waals surface area contributed by atoms with Gasteiger partial charge in [-0.3, -0.25) is 0 Å². The Kier molecular flexibility index (Phi) is 3.34. The smallest absolute Gasteiger partial charge is 0.358 e. The highest BCUT2D eigenvalue weighted by atomic mass is 16.6. The number of hydrogen-bond donors (Lipinski definition) is 0. The van der Waals surface area contributed by atoms with Crippen LogP contribution in [0.3, 0.4) is 0 Å². The Morgan fingerprint density at radius 1 is 1.39 bits per heavy atom. The summed E-state index contributed by atoms with van der Waals surface area (Å²) >= 11 is 0. The molecule has 0 saturated heterocycles. The molecule has 1 atom stereocenters. The van der Waals surface area contributed by atoms with E-state index in [2.05, 4.69) is 11.2 Å². The predicted octanol–water partition coefficient (Wildman–Crippen LogP) is 2.10. The molecule has 6 nitrogen and oxygen atoms in total. The maximum Gasteiger partial charge on any atom is 0.389 e. The van der Waals surface area contributed by atoms with Gasteiger partial charge < -0.3 is 10.1 Å². The molecule has 18 heavy (non-hydrogen) atoms. The van der Waals surface area contributed by atoms with Gasteiger partial charge in [-0.2, -0.15) is 9.94 Å². The van der Waals surface area contributed by atoms with E-state index in [9.17, 15) is 10.1 Å². The van der Waals surface area contributed by atoms with Gasteiger partial charge in [0.1, 0.15) is 0 Å². The van der Waals surface area contributed by atoms with Crippen molar-refractivity contribution in [1.82, 2.24) is 9.78 Å². The van der Waals surface area contributed by atoms with E-state index in [0.29, 0.717) is 6.54 Å². The van der Waals surface area contributed by atoms with Crippen molar-refractivity contribution in [3.05, 3.63) is 58.3 Å². The lowest BCUT2D eigenvalue weighted by Gasteiger charge is -2.06. The van der Waals surface area contributed by atoms with Crippen LogP contribution in [0.15, 0.2) is 42.6 Å². The van der Waals surface area contributed by atoms with Crippen molar-refractivity contribution >= 4 is 5.82 Å². The van der Waals surface area contributed by atoms with Gasteiger partial charge in [0, 0.05) is 0 Å². The summed E-state index contributed by atoms with van der Waals surface area (Å²) in [4.78, 5) is 9.95. The third-order valence-corrected chi connectivity index (χ3v) is 2.54. The summed E-state index contributed by atoms with van der Waals surface area (Å²) in [6.45, 7) is 0.300. The molecular formula is C12H10N4O2. The van der Waals surface area contributed by atoms with Gasteiger partial charge in [0.2, 0.25) is 0 Å². The van der Waals surface area contributed by atoms with Crippen LogP contribution in [-0.2, 0) is 6.54 Å². The van der Waals surface area contributed by atoms with Crippen LogP contribution in [0.5, 0.6) is 0 Å². The maximum atomic E-state index is 10.5. The quantitative estimate of drug-likeness (QED) is 0.607. The highest BCUT2D eigenvalue weighted by Crippen LogP contribution is 2.17. The molecule has 0 fully saturated rings. The first-order valence-electron chi connectivity index (χ1n) is 5.33. The Morgan fingerprint density at radius 2 is 2.11 bits per heavy atom. The lowest BCUT2D eigenvalue weighted by molar-refractivity contribution is -0.389. The molecule has 0 aliphatic rings. The molecule has 2 rings (SSSR count). The summed E-state index contributed by atoms with van der Waals surface area (Å²) in [6.07, 6.45) is 1.51. The number of nitriles is 1. The number of nitrogens with zero attached hydrogens (tertiary/aromatic N) is 4. The number of rotatable bonds is 4. The van der Waals surface area contributed by atoms with Crippen molar-refractivity contribution in [2.24, 2.45) is 0 Å². The minimum Gasteiger partial charge on any atom is -0.358 e. The summed E-state index contributed by atoms with van der Waals surface area (Å²) in [5.74, 6) is -0.578. The molecular weight excluding hydrogens is 232 g/mol. The molecule has 2 aromatic rings. The van der Waals surface area contributed by atoms with Crippen molar-refractivity contribution in [3.63, 3.8) is 0 Å². The van der Waals surface area contributed by atoms with E-state index in [1.165, 1.54) is 16.9 Å². The standard InChI is InChI=1S/C12H10N4O2/c13-8-11(10-4-2-1-3-5-10)9-15-7-6-12(14-15)16(17)18/h1-7,11H,9H2. The largest absolute Gasteiger partial charge is 0.389 e. The fraction of sp³-hybridized carbons (Fsp3) is 0.167. The molecule has 6 heteroatoms. The van der Waals surface area contributed by atoms with Gasteiger partial charge in [0.15, 0.2) is 0 Å².